The molecule has 2 rings (SSSR count). The molecule has 0 saturated carbocycles. The number of aryl methyl sites for hydroxylation is 1. The Kier molecular flexibility index (Phi) is 1.70. The topological polar surface area (TPSA) is 67.8 Å². The first-order chi connectivity index (χ1) is 6.59. The third kappa shape index (κ3) is 1.12. The van der Waals surface area contributed by atoms with Gasteiger partial charge in [-0.2, -0.15) is 0 Å². The first-order valence-electron chi connectivity index (χ1n) is 3.84. The summed E-state index contributed by atoms with van der Waals surface area (Å²) in [6.07, 6.45) is 0.975. The van der Waals surface area contributed by atoms with Crippen LogP contribution in [0.3, 0.4) is 0 Å². The lowest BCUT2D eigenvalue weighted by molar-refractivity contribution is 0.622. The summed E-state index contributed by atoms with van der Waals surface area (Å²) in [6, 6.07) is 1.14. The smallest absolute Gasteiger partial charge is 0.304 e. The average Bonchev–Trinajstić information content (AvgIpc) is 2.16. The van der Waals surface area contributed by atoms with Crippen LogP contribution in [0.2, 0.25) is 0 Å². The first-order valence-corrected chi connectivity index (χ1v) is 3.84. The zero-order valence-corrected chi connectivity index (χ0v) is 7.24. The number of rotatable bonds is 0. The summed E-state index contributed by atoms with van der Waals surface area (Å²) in [5.74, 6) is -0.556. The standard InChI is InChI=1S/C8H6FN3O2/c1-12-5-2-4(9)3-10-6(5)11-7(13)8(12)14/h2-3H,1H3,(H,10,11,13). The Hall–Kier alpha value is -1.98. The van der Waals surface area contributed by atoms with Gasteiger partial charge in [0.05, 0.1) is 11.7 Å². The van der Waals surface area contributed by atoms with Gasteiger partial charge in [0.2, 0.25) is 0 Å². The Balaban J connectivity index is 3.07. The summed E-state index contributed by atoms with van der Waals surface area (Å²) in [7, 11) is 1.39. The Morgan fingerprint density at radius 3 is 2.93 bits per heavy atom. The molecule has 2 aromatic rings. The second-order valence-corrected chi connectivity index (χ2v) is 2.84. The van der Waals surface area contributed by atoms with Gasteiger partial charge in [-0.15, -0.1) is 0 Å². The minimum atomic E-state index is -0.765. The van der Waals surface area contributed by atoms with E-state index >= 15 is 0 Å². The summed E-state index contributed by atoms with van der Waals surface area (Å²) in [5, 5.41) is 0. The minimum absolute atomic E-state index is 0.193. The number of aromatic amines is 1. The van der Waals surface area contributed by atoms with E-state index in [9.17, 15) is 14.0 Å². The third-order valence-corrected chi connectivity index (χ3v) is 1.93. The molecule has 1 N–H and O–H groups in total. The van der Waals surface area contributed by atoms with E-state index in [4.69, 9.17) is 0 Å². The molecule has 0 spiro atoms. The molecule has 0 bridgehead atoms. The normalized spacial score (nSPS) is 10.7. The molecule has 0 radical (unpaired) electrons. The number of pyridine rings is 1. The molecule has 0 amide bonds. The molecular formula is C8H6FN3O2. The van der Waals surface area contributed by atoms with E-state index in [2.05, 4.69) is 9.97 Å². The van der Waals surface area contributed by atoms with E-state index < -0.39 is 16.9 Å². The maximum Gasteiger partial charge on any atom is 0.316 e. The van der Waals surface area contributed by atoms with Gasteiger partial charge in [-0.05, 0) is 0 Å². The number of hydrogen-bond donors (Lipinski definition) is 1. The molecular weight excluding hydrogens is 189 g/mol. The molecule has 2 heterocycles. The monoisotopic (exact) mass is 195 g/mol. The fourth-order valence-corrected chi connectivity index (χ4v) is 1.20. The lowest BCUT2D eigenvalue weighted by Crippen LogP contribution is -2.35. The zero-order valence-electron chi connectivity index (χ0n) is 7.24. The molecule has 0 saturated heterocycles. The maximum atomic E-state index is 12.8. The highest BCUT2D eigenvalue weighted by Crippen LogP contribution is 2.05. The molecule has 0 unspecified atom stereocenters. The van der Waals surface area contributed by atoms with Gasteiger partial charge >= 0.3 is 11.1 Å². The molecule has 0 fully saturated rings. The lowest BCUT2D eigenvalue weighted by atomic mass is 10.4. The number of H-pyrrole nitrogens is 1. The van der Waals surface area contributed by atoms with Crippen molar-refractivity contribution in [1.82, 2.24) is 14.5 Å². The van der Waals surface area contributed by atoms with Gasteiger partial charge in [-0.3, -0.25) is 9.59 Å². The largest absolute Gasteiger partial charge is 0.316 e. The predicted octanol–water partition coefficient (Wildman–Crippen LogP) is -0.239. The van der Waals surface area contributed by atoms with Crippen molar-refractivity contribution in [3.05, 3.63) is 38.8 Å². The van der Waals surface area contributed by atoms with Gasteiger partial charge in [0, 0.05) is 13.1 Å². The Morgan fingerprint density at radius 2 is 2.21 bits per heavy atom. The Bertz CT molecular complexity index is 614. The van der Waals surface area contributed by atoms with Crippen molar-refractivity contribution in [2.75, 3.05) is 0 Å². The van der Waals surface area contributed by atoms with Crippen LogP contribution < -0.4 is 11.1 Å². The lowest BCUT2D eigenvalue weighted by Gasteiger charge is -2.01. The van der Waals surface area contributed by atoms with E-state index in [1.54, 1.807) is 0 Å². The van der Waals surface area contributed by atoms with Gasteiger partial charge in [0.25, 0.3) is 0 Å². The summed E-state index contributed by atoms with van der Waals surface area (Å²) in [6.45, 7) is 0. The van der Waals surface area contributed by atoms with E-state index in [0.717, 1.165) is 16.8 Å². The number of hydrogen-bond acceptors (Lipinski definition) is 3. The second-order valence-electron chi connectivity index (χ2n) is 2.84. The number of fused-ring (bicyclic) bond motifs is 1. The van der Waals surface area contributed by atoms with Crippen molar-refractivity contribution in [3.63, 3.8) is 0 Å². The minimum Gasteiger partial charge on any atom is -0.304 e. The van der Waals surface area contributed by atoms with Crippen molar-refractivity contribution < 1.29 is 4.39 Å². The van der Waals surface area contributed by atoms with Crippen molar-refractivity contribution >= 4 is 11.2 Å². The van der Waals surface area contributed by atoms with Crippen LogP contribution in [-0.4, -0.2) is 14.5 Å². The molecule has 2 aromatic heterocycles. The summed E-state index contributed by atoms with van der Waals surface area (Å²) < 4.78 is 13.8. The van der Waals surface area contributed by atoms with E-state index in [0.29, 0.717) is 0 Å². The van der Waals surface area contributed by atoms with Crippen LogP contribution in [0.1, 0.15) is 0 Å². The molecule has 0 aliphatic heterocycles. The maximum absolute atomic E-state index is 12.8. The highest BCUT2D eigenvalue weighted by Gasteiger charge is 2.05. The number of halogens is 1. The summed E-state index contributed by atoms with van der Waals surface area (Å²) in [4.78, 5) is 28.1. The fraction of sp³-hybridized carbons (Fsp3) is 0.125. The average molecular weight is 195 g/mol. The SMILES string of the molecule is Cn1c(=O)c(=O)[nH]c2ncc(F)cc21. The first kappa shape index (κ1) is 8.61. The number of nitrogens with one attached hydrogen (secondary N) is 1. The number of nitrogens with zero attached hydrogens (tertiary/aromatic N) is 2. The van der Waals surface area contributed by atoms with Gasteiger partial charge in [-0.25, -0.2) is 9.37 Å². The zero-order chi connectivity index (χ0) is 10.3. The predicted molar refractivity (Wildman–Crippen MR) is 47.6 cm³/mol. The molecule has 0 aliphatic rings. The second kappa shape index (κ2) is 2.76. The summed E-state index contributed by atoms with van der Waals surface area (Å²) >= 11 is 0. The third-order valence-electron chi connectivity index (χ3n) is 1.93. The highest BCUT2D eigenvalue weighted by molar-refractivity contribution is 5.69. The molecule has 5 nitrogen and oxygen atoms in total. The van der Waals surface area contributed by atoms with Crippen molar-refractivity contribution in [2.24, 2.45) is 7.05 Å². The van der Waals surface area contributed by atoms with Crippen LogP contribution in [0, 0.1) is 5.82 Å². The molecule has 72 valence electrons. The van der Waals surface area contributed by atoms with E-state index in [1.165, 1.54) is 7.05 Å². The van der Waals surface area contributed by atoms with Crippen molar-refractivity contribution in [2.45, 2.75) is 0 Å². The molecule has 14 heavy (non-hydrogen) atoms. The quantitative estimate of drug-likeness (QED) is 0.590. The van der Waals surface area contributed by atoms with Crippen LogP contribution in [0.5, 0.6) is 0 Å². The Morgan fingerprint density at radius 1 is 1.50 bits per heavy atom. The number of aromatic nitrogens is 3. The Labute approximate surface area is 76.8 Å². The highest BCUT2D eigenvalue weighted by atomic mass is 19.1. The van der Waals surface area contributed by atoms with Crippen molar-refractivity contribution in [1.29, 1.82) is 0 Å². The van der Waals surface area contributed by atoms with Crippen molar-refractivity contribution in [3.8, 4) is 0 Å². The molecule has 0 aromatic carbocycles. The van der Waals surface area contributed by atoms with Gasteiger partial charge < -0.3 is 9.55 Å². The van der Waals surface area contributed by atoms with E-state index in [-0.39, 0.29) is 11.2 Å². The molecule has 0 atom stereocenters. The van der Waals surface area contributed by atoms with Crippen LogP contribution in [0.4, 0.5) is 4.39 Å². The van der Waals surface area contributed by atoms with Crippen LogP contribution in [0.15, 0.2) is 21.9 Å². The van der Waals surface area contributed by atoms with E-state index in [1.807, 2.05) is 0 Å². The van der Waals surface area contributed by atoms with Crippen LogP contribution in [-0.2, 0) is 7.05 Å². The van der Waals surface area contributed by atoms with Gasteiger partial charge in [-0.1, -0.05) is 0 Å². The van der Waals surface area contributed by atoms with Gasteiger partial charge in [0.15, 0.2) is 5.65 Å². The molecule has 0 aliphatic carbocycles. The molecule has 6 heteroatoms. The van der Waals surface area contributed by atoms with Crippen LogP contribution >= 0.6 is 0 Å². The summed E-state index contributed by atoms with van der Waals surface area (Å²) in [5.41, 5.74) is -1.04. The fourth-order valence-electron chi connectivity index (χ4n) is 1.20. The van der Waals surface area contributed by atoms with Crippen LogP contribution in [0.25, 0.3) is 11.2 Å². The van der Waals surface area contributed by atoms with Gasteiger partial charge in [0.1, 0.15) is 5.82 Å².